The number of benzene rings is 1. The molecule has 0 fully saturated rings. The summed E-state index contributed by atoms with van der Waals surface area (Å²) >= 11 is 0. The Labute approximate surface area is 117 Å². The van der Waals surface area contributed by atoms with Gasteiger partial charge in [-0.3, -0.25) is 0 Å². The summed E-state index contributed by atoms with van der Waals surface area (Å²) in [6.07, 6.45) is 3.74. The molecule has 0 aliphatic heterocycles. The molecule has 0 aliphatic carbocycles. The van der Waals surface area contributed by atoms with Crippen LogP contribution in [0, 0.1) is 0 Å². The maximum absolute atomic E-state index is 5.78. The molecule has 1 heterocycles. The quantitative estimate of drug-likeness (QED) is 0.667. The zero-order valence-corrected chi connectivity index (χ0v) is 11.4. The van der Waals surface area contributed by atoms with Crippen molar-refractivity contribution in [3.8, 4) is 11.6 Å². The molecule has 0 saturated carbocycles. The zero-order valence-electron chi connectivity index (χ0n) is 11.4. The van der Waals surface area contributed by atoms with Crippen molar-refractivity contribution in [3.05, 3.63) is 41.7 Å². The van der Waals surface area contributed by atoms with Crippen molar-refractivity contribution in [2.45, 2.75) is 13.3 Å². The lowest BCUT2D eigenvalue weighted by Crippen LogP contribution is -2.02. The second-order valence-corrected chi connectivity index (χ2v) is 3.99. The highest BCUT2D eigenvalue weighted by molar-refractivity contribution is 5.88. The number of nitrogens with two attached hydrogens (primary N) is 1. The molecule has 0 amide bonds. The van der Waals surface area contributed by atoms with Crippen LogP contribution in [0.25, 0.3) is 0 Å². The summed E-state index contributed by atoms with van der Waals surface area (Å²) in [5, 5.41) is 3.67. The van der Waals surface area contributed by atoms with Crippen LogP contribution in [0.15, 0.2) is 35.7 Å². The fourth-order valence-electron chi connectivity index (χ4n) is 1.61. The Morgan fingerprint density at radius 1 is 1.25 bits per heavy atom. The van der Waals surface area contributed by atoms with Crippen molar-refractivity contribution in [1.29, 1.82) is 0 Å². The van der Waals surface area contributed by atoms with Gasteiger partial charge >= 0.3 is 0 Å². The van der Waals surface area contributed by atoms with E-state index < -0.39 is 0 Å². The smallest absolute Gasteiger partial charge is 0.233 e. The summed E-state index contributed by atoms with van der Waals surface area (Å²) in [6, 6.07) is 7.77. The van der Waals surface area contributed by atoms with E-state index in [0.29, 0.717) is 17.2 Å². The van der Waals surface area contributed by atoms with Gasteiger partial charge in [0, 0.05) is 0 Å². The van der Waals surface area contributed by atoms with Crippen molar-refractivity contribution >= 4 is 12.0 Å². The summed E-state index contributed by atoms with van der Waals surface area (Å²) in [5.41, 5.74) is 7.50. The number of oxime groups is 1. The minimum Gasteiger partial charge on any atom is -0.438 e. The number of aryl methyl sites for hydroxylation is 1. The fourth-order valence-corrected chi connectivity index (χ4v) is 1.61. The first-order valence-electron chi connectivity index (χ1n) is 6.18. The first kappa shape index (κ1) is 13.8. The topological polar surface area (TPSA) is 82.6 Å². The van der Waals surface area contributed by atoms with E-state index in [4.69, 9.17) is 10.5 Å². The van der Waals surface area contributed by atoms with Crippen LogP contribution >= 0.6 is 0 Å². The van der Waals surface area contributed by atoms with Crippen molar-refractivity contribution in [3.63, 3.8) is 0 Å². The van der Waals surface area contributed by atoms with E-state index in [1.165, 1.54) is 25.2 Å². The van der Waals surface area contributed by atoms with E-state index in [9.17, 15) is 0 Å². The monoisotopic (exact) mass is 272 g/mol. The molecule has 1 aromatic carbocycles. The number of ether oxygens (including phenoxy) is 1. The van der Waals surface area contributed by atoms with Crippen LogP contribution in [0.5, 0.6) is 11.6 Å². The van der Waals surface area contributed by atoms with E-state index in [1.54, 1.807) is 0 Å². The Balaban J connectivity index is 2.27. The molecule has 2 aromatic rings. The molecular formula is C14H16N4O2. The number of rotatable bonds is 5. The predicted molar refractivity (Wildman–Crippen MR) is 76.9 cm³/mol. The Morgan fingerprint density at radius 2 is 2.00 bits per heavy atom. The molecule has 2 rings (SSSR count). The maximum atomic E-state index is 5.78. The molecule has 2 N–H and O–H groups in total. The standard InChI is InChI=1S/C14H16N4O2/c1-3-10-4-6-11(7-5-10)20-14-12(8-18-19-2)13(15)16-9-17-14/h4-9H,3H2,1-2H3,(H2,15,16,17). The normalized spacial score (nSPS) is 10.7. The van der Waals surface area contributed by atoms with Crippen LogP contribution in [0.4, 0.5) is 5.82 Å². The highest BCUT2D eigenvalue weighted by Crippen LogP contribution is 2.24. The van der Waals surface area contributed by atoms with Crippen molar-refractivity contribution < 1.29 is 9.57 Å². The van der Waals surface area contributed by atoms with Gasteiger partial charge in [0.2, 0.25) is 5.88 Å². The molecule has 0 radical (unpaired) electrons. The number of nitrogens with zero attached hydrogens (tertiary/aromatic N) is 3. The maximum Gasteiger partial charge on any atom is 0.233 e. The Hall–Kier alpha value is -2.63. The van der Waals surface area contributed by atoms with Gasteiger partial charge in [0.1, 0.15) is 30.6 Å². The van der Waals surface area contributed by atoms with Crippen molar-refractivity contribution in [2.75, 3.05) is 12.8 Å². The number of aromatic nitrogens is 2. The first-order chi connectivity index (χ1) is 9.74. The highest BCUT2D eigenvalue weighted by atomic mass is 16.6. The molecule has 0 aliphatic rings. The van der Waals surface area contributed by atoms with Crippen LogP contribution in [-0.2, 0) is 11.3 Å². The second kappa shape index (κ2) is 6.51. The molecule has 0 saturated heterocycles. The number of nitrogen functional groups attached to an aromatic ring is 1. The number of hydrogen-bond acceptors (Lipinski definition) is 6. The third-order valence-electron chi connectivity index (χ3n) is 2.71. The molecule has 6 nitrogen and oxygen atoms in total. The molecule has 0 atom stereocenters. The Morgan fingerprint density at radius 3 is 2.65 bits per heavy atom. The molecule has 20 heavy (non-hydrogen) atoms. The van der Waals surface area contributed by atoms with Crippen LogP contribution in [0.1, 0.15) is 18.1 Å². The van der Waals surface area contributed by atoms with E-state index >= 15 is 0 Å². The van der Waals surface area contributed by atoms with E-state index in [-0.39, 0.29) is 5.82 Å². The van der Waals surface area contributed by atoms with Gasteiger partial charge in [0.25, 0.3) is 0 Å². The van der Waals surface area contributed by atoms with Crippen LogP contribution in [0.3, 0.4) is 0 Å². The minimum atomic E-state index is 0.279. The SMILES string of the molecule is CCc1ccc(Oc2ncnc(N)c2C=NOC)cc1. The van der Waals surface area contributed by atoms with Gasteiger partial charge in [-0.15, -0.1) is 0 Å². The highest BCUT2D eigenvalue weighted by Gasteiger charge is 2.10. The van der Waals surface area contributed by atoms with E-state index in [0.717, 1.165) is 6.42 Å². The number of anilines is 1. The molecule has 6 heteroatoms. The van der Waals surface area contributed by atoms with Crippen LogP contribution in [0.2, 0.25) is 0 Å². The van der Waals surface area contributed by atoms with Crippen LogP contribution < -0.4 is 10.5 Å². The summed E-state index contributed by atoms with van der Waals surface area (Å²) in [4.78, 5) is 12.6. The molecule has 0 spiro atoms. The zero-order chi connectivity index (χ0) is 14.4. The molecule has 0 unspecified atom stereocenters. The van der Waals surface area contributed by atoms with Gasteiger partial charge < -0.3 is 15.3 Å². The minimum absolute atomic E-state index is 0.279. The van der Waals surface area contributed by atoms with Crippen molar-refractivity contribution in [2.24, 2.45) is 5.16 Å². The molecular weight excluding hydrogens is 256 g/mol. The third-order valence-corrected chi connectivity index (χ3v) is 2.71. The largest absolute Gasteiger partial charge is 0.438 e. The van der Waals surface area contributed by atoms with Gasteiger partial charge in [-0.2, -0.15) is 0 Å². The average molecular weight is 272 g/mol. The van der Waals surface area contributed by atoms with E-state index in [1.807, 2.05) is 24.3 Å². The number of hydrogen-bond donors (Lipinski definition) is 1. The molecule has 1 aromatic heterocycles. The van der Waals surface area contributed by atoms with Gasteiger partial charge in [-0.05, 0) is 24.1 Å². The lowest BCUT2D eigenvalue weighted by molar-refractivity contribution is 0.215. The lowest BCUT2D eigenvalue weighted by Gasteiger charge is -2.08. The fraction of sp³-hybridized carbons (Fsp3) is 0.214. The van der Waals surface area contributed by atoms with Gasteiger partial charge in [-0.1, -0.05) is 24.2 Å². The lowest BCUT2D eigenvalue weighted by atomic mass is 10.2. The third kappa shape index (κ3) is 3.23. The summed E-state index contributed by atoms with van der Waals surface area (Å²) in [6.45, 7) is 2.10. The summed E-state index contributed by atoms with van der Waals surface area (Å²) in [5.74, 6) is 1.29. The predicted octanol–water partition coefficient (Wildman–Crippen LogP) is 2.39. The Bertz CT molecular complexity index is 597. The summed E-state index contributed by atoms with van der Waals surface area (Å²) < 4.78 is 5.71. The van der Waals surface area contributed by atoms with Gasteiger partial charge in [0.15, 0.2) is 0 Å². The van der Waals surface area contributed by atoms with Crippen molar-refractivity contribution in [1.82, 2.24) is 9.97 Å². The first-order valence-corrected chi connectivity index (χ1v) is 6.18. The van der Waals surface area contributed by atoms with E-state index in [2.05, 4.69) is 26.9 Å². The van der Waals surface area contributed by atoms with Crippen LogP contribution in [-0.4, -0.2) is 23.3 Å². The Kier molecular flexibility index (Phi) is 4.49. The second-order valence-electron chi connectivity index (χ2n) is 3.99. The van der Waals surface area contributed by atoms with Gasteiger partial charge in [0.05, 0.1) is 6.21 Å². The summed E-state index contributed by atoms with van der Waals surface area (Å²) in [7, 11) is 1.44. The average Bonchev–Trinajstić information content (AvgIpc) is 2.47. The molecule has 104 valence electrons. The molecule has 0 bridgehead atoms. The van der Waals surface area contributed by atoms with Gasteiger partial charge in [-0.25, -0.2) is 9.97 Å².